The van der Waals surface area contributed by atoms with Gasteiger partial charge < -0.3 is 14.2 Å². The molecular weight excluding hydrogens is 913 g/mol. The molecule has 1 atom stereocenters. The third kappa shape index (κ3) is 57.9. The Morgan fingerprint density at radius 2 is 0.541 bits per heavy atom. The highest BCUT2D eigenvalue weighted by molar-refractivity contribution is 5.71. The molecule has 1 unspecified atom stereocenters. The molecule has 6 heteroatoms. The topological polar surface area (TPSA) is 78.9 Å². The second-order valence-electron chi connectivity index (χ2n) is 18.8. The van der Waals surface area contributed by atoms with Crippen molar-refractivity contribution in [3.8, 4) is 0 Å². The van der Waals surface area contributed by atoms with Crippen LogP contribution in [-0.2, 0) is 28.6 Å². The minimum Gasteiger partial charge on any atom is -0.462 e. The van der Waals surface area contributed by atoms with Gasteiger partial charge in [-0.25, -0.2) is 0 Å². The summed E-state index contributed by atoms with van der Waals surface area (Å²) in [7, 11) is 0. The molecule has 0 fully saturated rings. The Hall–Kier alpha value is -4.97. The van der Waals surface area contributed by atoms with E-state index in [1.165, 1.54) is 32.1 Å². The first kappa shape index (κ1) is 69.0. The largest absolute Gasteiger partial charge is 0.462 e. The van der Waals surface area contributed by atoms with Crippen molar-refractivity contribution in [3.63, 3.8) is 0 Å². The molecular formula is C68H106O6. The maximum Gasteiger partial charge on any atom is 0.306 e. The quantitative estimate of drug-likeness (QED) is 0.0261. The van der Waals surface area contributed by atoms with Crippen molar-refractivity contribution >= 4 is 17.9 Å². The van der Waals surface area contributed by atoms with E-state index in [-0.39, 0.29) is 37.5 Å². The van der Waals surface area contributed by atoms with E-state index >= 15 is 0 Å². The molecule has 0 spiro atoms. The molecule has 6 nitrogen and oxygen atoms in total. The first-order valence-electron chi connectivity index (χ1n) is 29.5. The van der Waals surface area contributed by atoms with Gasteiger partial charge in [0.25, 0.3) is 0 Å². The highest BCUT2D eigenvalue weighted by Gasteiger charge is 2.19. The predicted octanol–water partition coefficient (Wildman–Crippen LogP) is 20.1. The standard InChI is InChI=1S/C68H106O6/c1-4-7-10-13-16-19-22-25-28-30-31-32-33-34-35-36-37-39-40-43-46-49-52-55-58-61-67(70)73-64-65(63-72-66(69)60-57-54-51-48-45-42-27-24-21-18-15-12-9-6-3)74-68(71)62-59-56-53-50-47-44-41-38-29-26-23-20-17-14-11-8-5-2/h7-8,10-11,15-20,24-29,31-32,34-35,37,39,41,44,50,53,65H,4-6,9,12-14,21-23,30,33,36,38,40,42-43,45-49,51-52,54-64H2,1-3H3/b10-7-,11-8-,18-15-,19-16-,20-17-,27-24-,28-25-,29-26-,32-31-,35-34-,39-37-,44-41-,53-50-. The molecule has 0 aromatic heterocycles. The van der Waals surface area contributed by atoms with E-state index in [0.29, 0.717) is 19.3 Å². The molecule has 0 aromatic carbocycles. The highest BCUT2D eigenvalue weighted by Crippen LogP contribution is 2.13. The Morgan fingerprint density at radius 1 is 0.284 bits per heavy atom. The van der Waals surface area contributed by atoms with Gasteiger partial charge in [0.05, 0.1) is 0 Å². The molecule has 414 valence electrons. The average Bonchev–Trinajstić information content (AvgIpc) is 3.40. The SMILES string of the molecule is CC/C=C\C/C=C\C/C=C\C/C=C\C/C=C\C/C=C\CCCCCCCCC(=O)OCC(COC(=O)CCCCCCC/C=C\C/C=C\CCCC)OC(=O)CCC/C=C\C/C=C\C/C=C\C/C=C\C/C=C\CC. The zero-order valence-electron chi connectivity index (χ0n) is 47.3. The third-order valence-corrected chi connectivity index (χ3v) is 11.7. The number of ether oxygens (including phenoxy) is 3. The van der Waals surface area contributed by atoms with Crippen LogP contribution in [0.4, 0.5) is 0 Å². The number of hydrogen-bond donors (Lipinski definition) is 0. The Morgan fingerprint density at radius 3 is 0.865 bits per heavy atom. The smallest absolute Gasteiger partial charge is 0.306 e. The zero-order valence-corrected chi connectivity index (χ0v) is 47.3. The summed E-state index contributed by atoms with van der Waals surface area (Å²) in [4.78, 5) is 38.2. The van der Waals surface area contributed by atoms with Crippen LogP contribution in [0.25, 0.3) is 0 Å². The van der Waals surface area contributed by atoms with Crippen molar-refractivity contribution < 1.29 is 28.6 Å². The number of carbonyl (C=O) groups is 3. The van der Waals surface area contributed by atoms with Crippen LogP contribution in [-0.4, -0.2) is 37.2 Å². The van der Waals surface area contributed by atoms with E-state index in [2.05, 4.69) is 179 Å². The monoisotopic (exact) mass is 1020 g/mol. The fourth-order valence-corrected chi connectivity index (χ4v) is 7.38. The average molecular weight is 1020 g/mol. The highest BCUT2D eigenvalue weighted by atomic mass is 16.6. The molecule has 74 heavy (non-hydrogen) atoms. The molecule has 0 N–H and O–H groups in total. The van der Waals surface area contributed by atoms with Crippen LogP contribution in [0.1, 0.15) is 233 Å². The van der Waals surface area contributed by atoms with Gasteiger partial charge in [0.15, 0.2) is 6.10 Å². The third-order valence-electron chi connectivity index (χ3n) is 11.7. The molecule has 0 aliphatic heterocycles. The molecule has 0 heterocycles. The van der Waals surface area contributed by atoms with E-state index in [1.54, 1.807) is 0 Å². The lowest BCUT2D eigenvalue weighted by Gasteiger charge is -2.18. The summed E-state index contributed by atoms with van der Waals surface area (Å²) in [5, 5.41) is 0. The summed E-state index contributed by atoms with van der Waals surface area (Å²) in [5.41, 5.74) is 0. The molecule has 0 bridgehead atoms. The summed E-state index contributed by atoms with van der Waals surface area (Å²) in [6.45, 7) is 6.28. The van der Waals surface area contributed by atoms with Crippen molar-refractivity contribution in [3.05, 3.63) is 158 Å². The number of rotatable bonds is 51. The number of carbonyl (C=O) groups excluding carboxylic acids is 3. The molecule has 0 radical (unpaired) electrons. The van der Waals surface area contributed by atoms with Gasteiger partial charge in [-0.2, -0.15) is 0 Å². The van der Waals surface area contributed by atoms with Gasteiger partial charge in [-0.05, 0) is 135 Å². The molecule has 0 aliphatic rings. The Bertz CT molecular complexity index is 1690. The van der Waals surface area contributed by atoms with Crippen molar-refractivity contribution in [1.29, 1.82) is 0 Å². The van der Waals surface area contributed by atoms with Crippen LogP contribution in [0.5, 0.6) is 0 Å². The van der Waals surface area contributed by atoms with Crippen LogP contribution in [0.2, 0.25) is 0 Å². The van der Waals surface area contributed by atoms with Crippen LogP contribution in [0, 0.1) is 0 Å². The molecule has 0 aliphatic carbocycles. The summed E-state index contributed by atoms with van der Waals surface area (Å²) >= 11 is 0. The first-order valence-corrected chi connectivity index (χ1v) is 29.5. The Balaban J connectivity index is 4.50. The maximum absolute atomic E-state index is 12.8. The lowest BCUT2D eigenvalue weighted by molar-refractivity contribution is -0.167. The van der Waals surface area contributed by atoms with Crippen molar-refractivity contribution in [2.75, 3.05) is 13.2 Å². The van der Waals surface area contributed by atoms with E-state index in [4.69, 9.17) is 14.2 Å². The maximum atomic E-state index is 12.8. The van der Waals surface area contributed by atoms with Gasteiger partial charge in [-0.3, -0.25) is 14.4 Å². The Labute approximate surface area is 454 Å². The van der Waals surface area contributed by atoms with Crippen molar-refractivity contribution in [1.82, 2.24) is 0 Å². The fourth-order valence-electron chi connectivity index (χ4n) is 7.38. The lowest BCUT2D eigenvalue weighted by atomic mass is 10.1. The second-order valence-corrected chi connectivity index (χ2v) is 18.8. The van der Waals surface area contributed by atoms with Gasteiger partial charge in [0.2, 0.25) is 0 Å². The lowest BCUT2D eigenvalue weighted by Crippen LogP contribution is -2.30. The van der Waals surface area contributed by atoms with Gasteiger partial charge >= 0.3 is 17.9 Å². The summed E-state index contributed by atoms with van der Waals surface area (Å²) in [6, 6.07) is 0. The molecule has 0 aromatic rings. The summed E-state index contributed by atoms with van der Waals surface area (Å²) < 4.78 is 16.8. The van der Waals surface area contributed by atoms with Crippen LogP contribution in [0.15, 0.2) is 158 Å². The number of hydrogen-bond acceptors (Lipinski definition) is 6. The minimum atomic E-state index is -0.829. The molecule has 0 amide bonds. The minimum absolute atomic E-state index is 0.120. The van der Waals surface area contributed by atoms with Crippen molar-refractivity contribution in [2.24, 2.45) is 0 Å². The van der Waals surface area contributed by atoms with Gasteiger partial charge in [-0.15, -0.1) is 0 Å². The Kier molecular flexibility index (Phi) is 56.5. The number of allylic oxidation sites excluding steroid dienone is 26. The number of unbranched alkanes of at least 4 members (excludes halogenated alkanes) is 14. The van der Waals surface area contributed by atoms with Crippen LogP contribution < -0.4 is 0 Å². The van der Waals surface area contributed by atoms with Crippen molar-refractivity contribution in [2.45, 2.75) is 239 Å². The number of esters is 3. The van der Waals surface area contributed by atoms with Gasteiger partial charge in [0, 0.05) is 19.3 Å². The van der Waals surface area contributed by atoms with E-state index < -0.39 is 6.10 Å². The molecule has 0 rings (SSSR count). The first-order chi connectivity index (χ1) is 36.5. The summed E-state index contributed by atoms with van der Waals surface area (Å²) in [5.74, 6) is -1.01. The predicted molar refractivity (Wildman–Crippen MR) is 320 cm³/mol. The van der Waals surface area contributed by atoms with E-state index in [0.717, 1.165) is 154 Å². The summed E-state index contributed by atoms with van der Waals surface area (Å²) in [6.07, 6.45) is 88.1. The zero-order chi connectivity index (χ0) is 53.6. The van der Waals surface area contributed by atoms with Gasteiger partial charge in [0.1, 0.15) is 13.2 Å². The molecule has 0 saturated heterocycles. The van der Waals surface area contributed by atoms with Gasteiger partial charge in [-0.1, -0.05) is 237 Å². The van der Waals surface area contributed by atoms with E-state index in [9.17, 15) is 14.4 Å². The van der Waals surface area contributed by atoms with Crippen LogP contribution in [0.3, 0.4) is 0 Å². The normalized spacial score (nSPS) is 13.3. The van der Waals surface area contributed by atoms with Crippen LogP contribution >= 0.6 is 0 Å². The molecule has 0 saturated carbocycles. The second kappa shape index (κ2) is 60.6. The van der Waals surface area contributed by atoms with E-state index in [1.807, 2.05) is 0 Å². The fraction of sp³-hybridized carbons (Fsp3) is 0.574.